The van der Waals surface area contributed by atoms with Crippen molar-refractivity contribution in [2.45, 2.75) is 13.8 Å². The maximum atomic E-state index is 13.0. The second kappa shape index (κ2) is 9.31. The van der Waals surface area contributed by atoms with E-state index in [0.717, 1.165) is 5.75 Å². The lowest BCUT2D eigenvalue weighted by Crippen LogP contribution is -2.32. The monoisotopic (exact) mass is 406 g/mol. The Morgan fingerprint density at radius 2 is 1.63 bits per heavy atom. The maximum Gasteiger partial charge on any atom is 0.278 e. The molecule has 3 rings (SSSR count). The van der Waals surface area contributed by atoms with E-state index < -0.39 is 0 Å². The molecule has 0 saturated carbocycles. The van der Waals surface area contributed by atoms with Gasteiger partial charge in [0.1, 0.15) is 17.2 Å². The predicted octanol–water partition coefficient (Wildman–Crippen LogP) is 4.11. The number of rotatable bonds is 9. The van der Waals surface area contributed by atoms with Gasteiger partial charge in [-0.3, -0.25) is 14.5 Å². The van der Waals surface area contributed by atoms with Gasteiger partial charge in [0.25, 0.3) is 11.8 Å². The van der Waals surface area contributed by atoms with Gasteiger partial charge < -0.3 is 14.8 Å². The first-order valence-electron chi connectivity index (χ1n) is 9.80. The Hall–Kier alpha value is -3.54. The Bertz CT molecular complexity index is 960. The van der Waals surface area contributed by atoms with E-state index >= 15 is 0 Å². The Morgan fingerprint density at radius 1 is 1.00 bits per heavy atom. The fraction of sp³-hybridized carbons (Fsp3) is 0.250. The molecule has 6 nitrogen and oxygen atoms in total. The van der Waals surface area contributed by atoms with E-state index in [1.54, 1.807) is 43.5 Å². The van der Waals surface area contributed by atoms with Crippen molar-refractivity contribution >= 4 is 23.1 Å². The Balaban J connectivity index is 1.94. The zero-order valence-electron chi connectivity index (χ0n) is 17.5. The fourth-order valence-electron chi connectivity index (χ4n) is 3.05. The van der Waals surface area contributed by atoms with Crippen LogP contribution in [0.25, 0.3) is 5.57 Å². The van der Waals surface area contributed by atoms with Gasteiger partial charge >= 0.3 is 0 Å². The summed E-state index contributed by atoms with van der Waals surface area (Å²) >= 11 is 0. The average molecular weight is 406 g/mol. The number of carbonyl (C=O) groups excluding carboxylic acids is 2. The molecular weight excluding hydrogens is 380 g/mol. The highest BCUT2D eigenvalue weighted by Crippen LogP contribution is 2.31. The van der Waals surface area contributed by atoms with Crippen LogP contribution in [-0.2, 0) is 9.59 Å². The molecule has 1 aliphatic heterocycles. The van der Waals surface area contributed by atoms with Crippen LogP contribution in [0.3, 0.4) is 0 Å². The molecular formula is C24H26N2O4. The standard InChI is InChI=1S/C24H26N2O4/c1-5-14-26-23(27)21(17-6-10-20(11-7-17)30-15-16(2)3)22(24(26)28)25-18-8-12-19(29-4)13-9-18/h5-13,16,25H,1,14-15H2,2-4H3. The molecule has 0 fully saturated rings. The number of nitrogens with zero attached hydrogens (tertiary/aromatic N) is 1. The van der Waals surface area contributed by atoms with Crippen LogP contribution in [-0.4, -0.2) is 37.0 Å². The van der Waals surface area contributed by atoms with Gasteiger partial charge in [0.2, 0.25) is 0 Å². The summed E-state index contributed by atoms with van der Waals surface area (Å²) in [4.78, 5) is 27.1. The first kappa shape index (κ1) is 21.2. The lowest BCUT2D eigenvalue weighted by Gasteiger charge is -2.12. The normalized spacial score (nSPS) is 13.8. The van der Waals surface area contributed by atoms with Crippen molar-refractivity contribution < 1.29 is 19.1 Å². The van der Waals surface area contributed by atoms with Crippen molar-refractivity contribution in [2.75, 3.05) is 25.6 Å². The minimum absolute atomic E-state index is 0.143. The molecule has 0 aliphatic carbocycles. The summed E-state index contributed by atoms with van der Waals surface area (Å²) in [5.41, 5.74) is 1.89. The summed E-state index contributed by atoms with van der Waals surface area (Å²) in [7, 11) is 1.59. The van der Waals surface area contributed by atoms with Gasteiger partial charge in [0.05, 0.1) is 19.3 Å². The van der Waals surface area contributed by atoms with Crippen LogP contribution in [0, 0.1) is 5.92 Å². The molecule has 2 aromatic carbocycles. The molecule has 0 radical (unpaired) electrons. The molecule has 0 unspecified atom stereocenters. The number of anilines is 1. The molecule has 30 heavy (non-hydrogen) atoms. The molecule has 1 aliphatic rings. The number of methoxy groups -OCH3 is 1. The second-order valence-electron chi connectivity index (χ2n) is 7.34. The molecule has 0 saturated heterocycles. The van der Waals surface area contributed by atoms with E-state index in [9.17, 15) is 9.59 Å². The minimum Gasteiger partial charge on any atom is -0.497 e. The maximum absolute atomic E-state index is 13.0. The van der Waals surface area contributed by atoms with Crippen molar-refractivity contribution in [2.24, 2.45) is 5.92 Å². The summed E-state index contributed by atoms with van der Waals surface area (Å²) < 4.78 is 10.9. The van der Waals surface area contributed by atoms with Crippen LogP contribution in [0.15, 0.2) is 66.9 Å². The van der Waals surface area contributed by atoms with E-state index in [1.165, 1.54) is 11.0 Å². The lowest BCUT2D eigenvalue weighted by molar-refractivity contribution is -0.136. The van der Waals surface area contributed by atoms with Crippen molar-refractivity contribution in [1.82, 2.24) is 4.90 Å². The highest BCUT2D eigenvalue weighted by Gasteiger charge is 2.38. The Labute approximate surface area is 176 Å². The van der Waals surface area contributed by atoms with Crippen molar-refractivity contribution in [1.29, 1.82) is 0 Å². The van der Waals surface area contributed by atoms with Crippen LogP contribution < -0.4 is 14.8 Å². The van der Waals surface area contributed by atoms with Crippen LogP contribution in [0.5, 0.6) is 11.5 Å². The van der Waals surface area contributed by atoms with Crippen LogP contribution in [0.1, 0.15) is 19.4 Å². The highest BCUT2D eigenvalue weighted by atomic mass is 16.5. The number of ether oxygens (including phenoxy) is 2. The Kier molecular flexibility index (Phi) is 6.57. The van der Waals surface area contributed by atoms with E-state index in [2.05, 4.69) is 25.7 Å². The summed E-state index contributed by atoms with van der Waals surface area (Å²) in [5.74, 6) is 1.10. The SMILES string of the molecule is C=CCN1C(=O)C(Nc2ccc(OC)cc2)=C(c2ccc(OCC(C)C)cc2)C1=O. The molecule has 1 N–H and O–H groups in total. The largest absolute Gasteiger partial charge is 0.497 e. The minimum atomic E-state index is -0.383. The topological polar surface area (TPSA) is 67.9 Å². The molecule has 156 valence electrons. The molecule has 2 aromatic rings. The van der Waals surface area contributed by atoms with E-state index in [1.807, 2.05) is 12.1 Å². The van der Waals surface area contributed by atoms with Gasteiger partial charge in [0.15, 0.2) is 0 Å². The average Bonchev–Trinajstić information content (AvgIpc) is 2.98. The smallest absolute Gasteiger partial charge is 0.278 e. The number of hydrogen-bond acceptors (Lipinski definition) is 5. The second-order valence-corrected chi connectivity index (χ2v) is 7.34. The van der Waals surface area contributed by atoms with Crippen molar-refractivity contribution in [3.8, 4) is 11.5 Å². The summed E-state index contributed by atoms with van der Waals surface area (Å²) in [5, 5.41) is 3.11. The summed E-state index contributed by atoms with van der Waals surface area (Å²) in [6, 6.07) is 14.4. The third-order valence-electron chi connectivity index (χ3n) is 4.57. The van der Waals surface area contributed by atoms with Gasteiger partial charge in [-0.15, -0.1) is 6.58 Å². The zero-order valence-corrected chi connectivity index (χ0v) is 17.5. The third-order valence-corrected chi connectivity index (χ3v) is 4.57. The number of nitrogens with one attached hydrogen (secondary N) is 1. The summed E-state index contributed by atoms with van der Waals surface area (Å²) in [6.07, 6.45) is 1.53. The van der Waals surface area contributed by atoms with E-state index in [0.29, 0.717) is 35.1 Å². The van der Waals surface area contributed by atoms with Gasteiger partial charge in [-0.25, -0.2) is 0 Å². The fourth-order valence-corrected chi connectivity index (χ4v) is 3.05. The lowest BCUT2D eigenvalue weighted by atomic mass is 10.0. The van der Waals surface area contributed by atoms with E-state index in [4.69, 9.17) is 9.47 Å². The first-order chi connectivity index (χ1) is 14.4. The van der Waals surface area contributed by atoms with Crippen LogP contribution >= 0.6 is 0 Å². The van der Waals surface area contributed by atoms with Gasteiger partial charge in [0, 0.05) is 12.2 Å². The molecule has 0 aromatic heterocycles. The predicted molar refractivity (Wildman–Crippen MR) is 117 cm³/mol. The molecule has 0 bridgehead atoms. The highest BCUT2D eigenvalue weighted by molar-refractivity contribution is 6.36. The number of carbonyl (C=O) groups is 2. The van der Waals surface area contributed by atoms with Gasteiger partial charge in [-0.05, 0) is 47.9 Å². The molecule has 6 heteroatoms. The van der Waals surface area contributed by atoms with Crippen molar-refractivity contribution in [3.05, 3.63) is 72.4 Å². The van der Waals surface area contributed by atoms with Crippen LogP contribution in [0.2, 0.25) is 0 Å². The van der Waals surface area contributed by atoms with Crippen molar-refractivity contribution in [3.63, 3.8) is 0 Å². The molecule has 0 atom stereocenters. The Morgan fingerprint density at radius 3 is 2.20 bits per heavy atom. The number of amides is 2. The first-order valence-corrected chi connectivity index (χ1v) is 9.80. The third kappa shape index (κ3) is 4.54. The zero-order chi connectivity index (χ0) is 21.7. The number of benzene rings is 2. The van der Waals surface area contributed by atoms with Crippen LogP contribution in [0.4, 0.5) is 5.69 Å². The van der Waals surface area contributed by atoms with E-state index in [-0.39, 0.29) is 24.1 Å². The number of hydrogen-bond donors (Lipinski definition) is 1. The molecule has 0 spiro atoms. The quantitative estimate of drug-likeness (QED) is 0.501. The van der Waals surface area contributed by atoms with Gasteiger partial charge in [-0.2, -0.15) is 0 Å². The molecule has 2 amide bonds. The number of imide groups is 1. The van der Waals surface area contributed by atoms with Gasteiger partial charge in [-0.1, -0.05) is 32.1 Å². The molecule has 1 heterocycles. The summed E-state index contributed by atoms with van der Waals surface area (Å²) in [6.45, 7) is 8.55.